The zero-order valence-corrected chi connectivity index (χ0v) is 4.33. The van der Waals surface area contributed by atoms with Crippen LogP contribution in [0.25, 0.3) is 0 Å². The minimum absolute atomic E-state index is 0.281. The molecule has 8 heavy (non-hydrogen) atoms. The fourth-order valence-corrected chi connectivity index (χ4v) is 0.279. The molecule has 1 atom stereocenters. The molecular formula is C4H8NO3-. The average Bonchev–Trinajstić information content (AvgIpc) is 1.65. The van der Waals surface area contributed by atoms with Crippen LogP contribution in [-0.4, -0.2) is 23.7 Å². The monoisotopic (exact) mass is 118 g/mol. The van der Waals surface area contributed by atoms with E-state index >= 15 is 0 Å². The summed E-state index contributed by atoms with van der Waals surface area (Å²) in [7, 11) is 0. The zero-order chi connectivity index (χ0) is 6.57. The quantitative estimate of drug-likeness (QED) is 0.427. The maximum Gasteiger partial charge on any atom is 0.0586 e. The van der Waals surface area contributed by atoms with Crippen molar-refractivity contribution in [3.63, 3.8) is 0 Å². The average molecular weight is 118 g/mol. The molecule has 0 aliphatic carbocycles. The van der Waals surface area contributed by atoms with Crippen LogP contribution in [0.1, 0.15) is 6.42 Å². The maximum absolute atomic E-state index is 9.67. The van der Waals surface area contributed by atoms with Gasteiger partial charge in [0.1, 0.15) is 0 Å². The summed E-state index contributed by atoms with van der Waals surface area (Å²) < 4.78 is 0. The van der Waals surface area contributed by atoms with Crippen LogP contribution in [0.4, 0.5) is 0 Å². The van der Waals surface area contributed by atoms with Gasteiger partial charge >= 0.3 is 0 Å². The van der Waals surface area contributed by atoms with Crippen molar-refractivity contribution in [2.24, 2.45) is 5.73 Å². The van der Waals surface area contributed by atoms with E-state index in [9.17, 15) is 9.90 Å². The third kappa shape index (κ3) is 3.58. The standard InChI is InChI=1S/C4H9NO3/c5-3(2-6)1-4(7)8/h3,6H,1-2,5H2,(H,7,8)/p-1. The van der Waals surface area contributed by atoms with Crippen molar-refractivity contribution >= 4 is 5.97 Å². The summed E-state index contributed by atoms with van der Waals surface area (Å²) in [5.74, 6) is -1.23. The number of carbonyl (C=O) groups is 1. The number of carboxylic acids is 1. The lowest BCUT2D eigenvalue weighted by molar-refractivity contribution is -0.306. The molecule has 0 aliphatic rings. The van der Waals surface area contributed by atoms with E-state index in [1.807, 2.05) is 0 Å². The predicted molar refractivity (Wildman–Crippen MR) is 24.7 cm³/mol. The third-order valence-electron chi connectivity index (χ3n) is 0.663. The molecule has 0 heterocycles. The molecule has 3 N–H and O–H groups in total. The van der Waals surface area contributed by atoms with Crippen molar-refractivity contribution in [1.29, 1.82) is 0 Å². The fourth-order valence-electron chi connectivity index (χ4n) is 0.279. The van der Waals surface area contributed by atoms with Crippen LogP contribution in [0, 0.1) is 0 Å². The molecule has 1 unspecified atom stereocenters. The number of aliphatic hydroxyl groups is 1. The second kappa shape index (κ2) is 3.40. The molecule has 0 rings (SSSR count). The molecule has 48 valence electrons. The highest BCUT2D eigenvalue weighted by Crippen LogP contribution is 1.81. The number of hydrogen-bond donors (Lipinski definition) is 2. The Morgan fingerprint density at radius 1 is 1.88 bits per heavy atom. The van der Waals surface area contributed by atoms with Crippen LogP contribution in [-0.2, 0) is 4.79 Å². The van der Waals surface area contributed by atoms with Crippen LogP contribution >= 0.6 is 0 Å². The first-order chi connectivity index (χ1) is 3.66. The van der Waals surface area contributed by atoms with E-state index in [4.69, 9.17) is 10.8 Å². The summed E-state index contributed by atoms with van der Waals surface area (Å²) in [6, 6.07) is -0.681. The van der Waals surface area contributed by atoms with E-state index in [1.54, 1.807) is 0 Å². The Hall–Kier alpha value is -0.610. The smallest absolute Gasteiger partial charge is 0.0586 e. The number of hydrogen-bond acceptors (Lipinski definition) is 4. The number of rotatable bonds is 3. The van der Waals surface area contributed by atoms with Gasteiger partial charge in [0.05, 0.1) is 6.61 Å². The van der Waals surface area contributed by atoms with Crippen LogP contribution < -0.4 is 10.8 Å². The molecule has 4 nitrogen and oxygen atoms in total. The number of carbonyl (C=O) groups excluding carboxylic acids is 1. The second-order valence-electron chi connectivity index (χ2n) is 1.52. The molecular weight excluding hydrogens is 110 g/mol. The predicted octanol–water partition coefficient (Wildman–Crippen LogP) is -2.55. The highest BCUT2D eigenvalue weighted by molar-refractivity contribution is 5.64. The minimum atomic E-state index is -1.23. The van der Waals surface area contributed by atoms with E-state index in [2.05, 4.69) is 0 Å². The van der Waals surface area contributed by atoms with Gasteiger partial charge in [-0.1, -0.05) is 0 Å². The summed E-state index contributed by atoms with van der Waals surface area (Å²) in [4.78, 5) is 9.67. The van der Waals surface area contributed by atoms with E-state index in [1.165, 1.54) is 0 Å². The largest absolute Gasteiger partial charge is 0.550 e. The Kier molecular flexibility index (Phi) is 3.14. The zero-order valence-electron chi connectivity index (χ0n) is 4.33. The molecule has 0 spiro atoms. The molecule has 0 radical (unpaired) electrons. The van der Waals surface area contributed by atoms with Crippen LogP contribution in [0.2, 0.25) is 0 Å². The lowest BCUT2D eigenvalue weighted by Gasteiger charge is -2.06. The molecule has 0 saturated carbocycles. The van der Waals surface area contributed by atoms with E-state index < -0.39 is 12.0 Å². The summed E-state index contributed by atoms with van der Waals surface area (Å²) in [6.07, 6.45) is -0.281. The van der Waals surface area contributed by atoms with E-state index in [0.717, 1.165) is 0 Å². The summed E-state index contributed by atoms with van der Waals surface area (Å²) >= 11 is 0. The first-order valence-corrected chi connectivity index (χ1v) is 2.23. The van der Waals surface area contributed by atoms with Gasteiger partial charge in [0.25, 0.3) is 0 Å². The minimum Gasteiger partial charge on any atom is -0.550 e. The van der Waals surface area contributed by atoms with Crippen molar-refractivity contribution in [2.45, 2.75) is 12.5 Å². The highest BCUT2D eigenvalue weighted by atomic mass is 16.4. The molecule has 0 amide bonds. The molecule has 0 bridgehead atoms. The SMILES string of the molecule is NC(CO)CC(=O)[O-]. The number of carboxylic acid groups (broad SMARTS) is 1. The van der Waals surface area contributed by atoms with Crippen molar-refractivity contribution in [2.75, 3.05) is 6.61 Å². The summed E-state index contributed by atoms with van der Waals surface area (Å²) in [5, 5.41) is 17.8. The number of aliphatic hydroxyl groups excluding tert-OH is 1. The Morgan fingerprint density at radius 3 is 2.50 bits per heavy atom. The van der Waals surface area contributed by atoms with Crippen LogP contribution in [0.5, 0.6) is 0 Å². The van der Waals surface area contributed by atoms with Crippen LogP contribution in [0.15, 0.2) is 0 Å². The van der Waals surface area contributed by atoms with E-state index in [-0.39, 0.29) is 13.0 Å². The van der Waals surface area contributed by atoms with E-state index in [0.29, 0.717) is 0 Å². The van der Waals surface area contributed by atoms with Gasteiger partial charge in [-0.15, -0.1) is 0 Å². The molecule has 0 saturated heterocycles. The Balaban J connectivity index is 3.24. The van der Waals surface area contributed by atoms with Crippen LogP contribution in [0.3, 0.4) is 0 Å². The van der Waals surface area contributed by atoms with Crippen molar-refractivity contribution in [1.82, 2.24) is 0 Å². The maximum atomic E-state index is 9.67. The second-order valence-corrected chi connectivity index (χ2v) is 1.52. The Morgan fingerprint density at radius 2 is 2.38 bits per heavy atom. The van der Waals surface area contributed by atoms with Crippen molar-refractivity contribution in [3.8, 4) is 0 Å². The number of nitrogens with two attached hydrogens (primary N) is 1. The molecule has 0 aromatic heterocycles. The lowest BCUT2D eigenvalue weighted by atomic mass is 10.2. The highest BCUT2D eigenvalue weighted by Gasteiger charge is 1.97. The van der Waals surface area contributed by atoms with Crippen molar-refractivity contribution < 1.29 is 15.0 Å². The Bertz CT molecular complexity index is 83.4. The fraction of sp³-hybridized carbons (Fsp3) is 0.750. The van der Waals surface area contributed by atoms with Gasteiger partial charge in [0, 0.05) is 18.4 Å². The molecule has 0 aromatic rings. The molecule has 0 aliphatic heterocycles. The van der Waals surface area contributed by atoms with Gasteiger partial charge in [-0.05, 0) is 0 Å². The lowest BCUT2D eigenvalue weighted by Crippen LogP contribution is -2.34. The van der Waals surface area contributed by atoms with Gasteiger partial charge in [0.15, 0.2) is 0 Å². The van der Waals surface area contributed by atoms with Gasteiger partial charge < -0.3 is 20.7 Å². The number of aliphatic carboxylic acids is 1. The first kappa shape index (κ1) is 7.39. The summed E-state index contributed by atoms with van der Waals surface area (Å²) in [6.45, 7) is -0.312. The third-order valence-corrected chi connectivity index (χ3v) is 0.663. The molecule has 4 heteroatoms. The Labute approximate surface area is 46.9 Å². The van der Waals surface area contributed by atoms with Gasteiger partial charge in [-0.3, -0.25) is 0 Å². The first-order valence-electron chi connectivity index (χ1n) is 2.23. The summed E-state index contributed by atoms with van der Waals surface area (Å²) in [5.41, 5.74) is 5.00. The topological polar surface area (TPSA) is 86.4 Å². The van der Waals surface area contributed by atoms with Gasteiger partial charge in [-0.2, -0.15) is 0 Å². The van der Waals surface area contributed by atoms with Crippen molar-refractivity contribution in [3.05, 3.63) is 0 Å². The van der Waals surface area contributed by atoms with Gasteiger partial charge in [0.2, 0.25) is 0 Å². The molecule has 0 aromatic carbocycles. The van der Waals surface area contributed by atoms with Gasteiger partial charge in [-0.25, -0.2) is 0 Å². The normalized spacial score (nSPS) is 13.2. The molecule has 0 fully saturated rings.